The van der Waals surface area contributed by atoms with E-state index < -0.39 is 0 Å². The van der Waals surface area contributed by atoms with Gasteiger partial charge in [0.15, 0.2) is 5.13 Å². The minimum Gasteiger partial charge on any atom is -0.346 e. The van der Waals surface area contributed by atoms with Gasteiger partial charge in [-0.2, -0.15) is 0 Å². The molecular weight excluding hydrogens is 256 g/mol. The van der Waals surface area contributed by atoms with Crippen LogP contribution in [-0.4, -0.2) is 49.2 Å². The second-order valence-electron chi connectivity index (χ2n) is 5.15. The summed E-state index contributed by atoms with van der Waals surface area (Å²) in [6.07, 6.45) is 1.27. The molecular formula is C14H26N4S. The van der Waals surface area contributed by atoms with E-state index in [9.17, 15) is 0 Å². The molecule has 108 valence electrons. The Bertz CT molecular complexity index is 400. The molecule has 4 nitrogen and oxygen atoms in total. The SMILES string of the molecule is CCN(CC)C1CCN(c2nc(C)c(CNC)s2)C1. The minimum atomic E-state index is 0.701. The second-order valence-corrected chi connectivity index (χ2v) is 6.21. The van der Waals surface area contributed by atoms with E-state index in [0.717, 1.165) is 32.7 Å². The minimum absolute atomic E-state index is 0.701. The van der Waals surface area contributed by atoms with Crippen molar-refractivity contribution in [3.63, 3.8) is 0 Å². The fourth-order valence-electron chi connectivity index (χ4n) is 2.83. The Morgan fingerprint density at radius 1 is 1.42 bits per heavy atom. The van der Waals surface area contributed by atoms with Crippen LogP contribution in [0.3, 0.4) is 0 Å². The molecule has 1 saturated heterocycles. The van der Waals surface area contributed by atoms with Crippen molar-refractivity contribution < 1.29 is 0 Å². The molecule has 1 N–H and O–H groups in total. The van der Waals surface area contributed by atoms with Crippen LogP contribution in [0.5, 0.6) is 0 Å². The summed E-state index contributed by atoms with van der Waals surface area (Å²) >= 11 is 1.84. The third kappa shape index (κ3) is 3.27. The lowest BCUT2D eigenvalue weighted by atomic mass is 10.2. The van der Waals surface area contributed by atoms with Crippen LogP contribution in [0, 0.1) is 6.92 Å². The number of nitrogens with one attached hydrogen (secondary N) is 1. The van der Waals surface area contributed by atoms with Crippen LogP contribution < -0.4 is 10.2 Å². The number of hydrogen-bond donors (Lipinski definition) is 1. The predicted molar refractivity (Wildman–Crippen MR) is 83.2 cm³/mol. The maximum atomic E-state index is 4.74. The van der Waals surface area contributed by atoms with E-state index in [1.807, 2.05) is 18.4 Å². The van der Waals surface area contributed by atoms with Gasteiger partial charge >= 0.3 is 0 Å². The summed E-state index contributed by atoms with van der Waals surface area (Å²) in [5.41, 5.74) is 1.18. The van der Waals surface area contributed by atoms with E-state index in [-0.39, 0.29) is 0 Å². The van der Waals surface area contributed by atoms with Crippen LogP contribution in [0.4, 0.5) is 5.13 Å². The van der Waals surface area contributed by atoms with Crippen LogP contribution in [0.25, 0.3) is 0 Å². The average Bonchev–Trinajstić information content (AvgIpc) is 3.00. The molecule has 1 unspecified atom stereocenters. The van der Waals surface area contributed by atoms with Crippen molar-refractivity contribution in [3.8, 4) is 0 Å². The highest BCUT2D eigenvalue weighted by atomic mass is 32.1. The highest BCUT2D eigenvalue weighted by Gasteiger charge is 2.28. The molecule has 2 heterocycles. The van der Waals surface area contributed by atoms with Gasteiger partial charge in [-0.3, -0.25) is 4.90 Å². The number of aryl methyl sites for hydroxylation is 1. The number of hydrogen-bond acceptors (Lipinski definition) is 5. The van der Waals surface area contributed by atoms with Gasteiger partial charge in [0.25, 0.3) is 0 Å². The summed E-state index contributed by atoms with van der Waals surface area (Å²) in [6.45, 7) is 12.1. The Morgan fingerprint density at radius 2 is 2.16 bits per heavy atom. The van der Waals surface area contributed by atoms with Gasteiger partial charge < -0.3 is 10.2 Å². The monoisotopic (exact) mass is 282 g/mol. The topological polar surface area (TPSA) is 31.4 Å². The maximum Gasteiger partial charge on any atom is 0.185 e. The molecule has 0 aliphatic carbocycles. The van der Waals surface area contributed by atoms with E-state index >= 15 is 0 Å². The number of thiazole rings is 1. The molecule has 5 heteroatoms. The number of likely N-dealkylation sites (N-methyl/N-ethyl adjacent to an activating group) is 1. The fourth-order valence-corrected chi connectivity index (χ4v) is 3.93. The fraction of sp³-hybridized carbons (Fsp3) is 0.786. The second kappa shape index (κ2) is 6.68. The maximum absolute atomic E-state index is 4.74. The summed E-state index contributed by atoms with van der Waals surface area (Å²) in [5.74, 6) is 0. The van der Waals surface area contributed by atoms with Crippen molar-refractivity contribution in [2.45, 2.75) is 39.8 Å². The lowest BCUT2D eigenvalue weighted by molar-refractivity contribution is 0.232. The molecule has 1 fully saturated rings. The first-order valence-corrected chi connectivity index (χ1v) is 8.11. The quantitative estimate of drug-likeness (QED) is 0.866. The van der Waals surface area contributed by atoms with Gasteiger partial charge in [-0.1, -0.05) is 13.8 Å². The molecule has 0 spiro atoms. The van der Waals surface area contributed by atoms with Crippen molar-refractivity contribution in [1.29, 1.82) is 0 Å². The molecule has 1 aliphatic rings. The molecule has 19 heavy (non-hydrogen) atoms. The smallest absolute Gasteiger partial charge is 0.185 e. The van der Waals surface area contributed by atoms with Crippen LogP contribution >= 0.6 is 11.3 Å². The number of aromatic nitrogens is 1. The first kappa shape index (κ1) is 14.8. The Morgan fingerprint density at radius 3 is 2.79 bits per heavy atom. The predicted octanol–water partition coefficient (Wildman–Crippen LogP) is 2.09. The van der Waals surface area contributed by atoms with Crippen molar-refractivity contribution in [2.75, 3.05) is 38.1 Å². The summed E-state index contributed by atoms with van der Waals surface area (Å²) in [7, 11) is 1.99. The zero-order valence-electron chi connectivity index (χ0n) is 12.6. The van der Waals surface area contributed by atoms with Gasteiger partial charge in [0.05, 0.1) is 5.69 Å². The van der Waals surface area contributed by atoms with E-state index in [0.29, 0.717) is 6.04 Å². The highest BCUT2D eigenvalue weighted by Crippen LogP contribution is 2.29. The zero-order chi connectivity index (χ0) is 13.8. The number of anilines is 1. The van der Waals surface area contributed by atoms with Gasteiger partial charge in [-0.25, -0.2) is 4.98 Å². The summed E-state index contributed by atoms with van der Waals surface area (Å²) in [4.78, 5) is 11.1. The Kier molecular flexibility index (Phi) is 5.19. The molecule has 1 atom stereocenters. The molecule has 0 aromatic carbocycles. The summed E-state index contributed by atoms with van der Waals surface area (Å²) < 4.78 is 0. The first-order valence-electron chi connectivity index (χ1n) is 7.29. The van der Waals surface area contributed by atoms with E-state index in [2.05, 4.69) is 35.9 Å². The van der Waals surface area contributed by atoms with Crippen LogP contribution in [0.1, 0.15) is 30.8 Å². The van der Waals surface area contributed by atoms with Crippen LogP contribution in [-0.2, 0) is 6.54 Å². The lowest BCUT2D eigenvalue weighted by Gasteiger charge is -2.25. The van der Waals surface area contributed by atoms with E-state index in [1.54, 1.807) is 0 Å². The zero-order valence-corrected chi connectivity index (χ0v) is 13.4. The standard InChI is InChI=1S/C14H26N4S/c1-5-17(6-2)12-7-8-18(10-12)14-16-11(3)13(19-14)9-15-4/h12,15H,5-10H2,1-4H3. The van der Waals surface area contributed by atoms with Crippen LogP contribution in [0.15, 0.2) is 0 Å². The molecule has 1 aromatic rings. The normalized spacial score (nSPS) is 19.6. The molecule has 0 amide bonds. The van der Waals surface area contributed by atoms with Crippen LogP contribution in [0.2, 0.25) is 0 Å². The van der Waals surface area contributed by atoms with Gasteiger partial charge in [0, 0.05) is 30.6 Å². The van der Waals surface area contributed by atoms with E-state index in [4.69, 9.17) is 4.98 Å². The summed E-state index contributed by atoms with van der Waals surface area (Å²) in [5, 5.41) is 4.42. The average molecular weight is 282 g/mol. The molecule has 2 rings (SSSR count). The van der Waals surface area contributed by atoms with Gasteiger partial charge in [-0.15, -0.1) is 11.3 Å². The van der Waals surface area contributed by atoms with Crippen molar-refractivity contribution in [2.24, 2.45) is 0 Å². The largest absolute Gasteiger partial charge is 0.346 e. The van der Waals surface area contributed by atoms with Gasteiger partial charge in [0.2, 0.25) is 0 Å². The molecule has 0 radical (unpaired) electrons. The van der Waals surface area contributed by atoms with Gasteiger partial charge in [0.1, 0.15) is 0 Å². The molecule has 0 saturated carbocycles. The van der Waals surface area contributed by atoms with E-state index in [1.165, 1.54) is 22.1 Å². The Balaban J connectivity index is 2.02. The number of rotatable bonds is 6. The number of nitrogens with zero attached hydrogens (tertiary/aromatic N) is 3. The van der Waals surface area contributed by atoms with Crippen molar-refractivity contribution in [3.05, 3.63) is 10.6 Å². The molecule has 1 aliphatic heterocycles. The molecule has 1 aromatic heterocycles. The lowest BCUT2D eigenvalue weighted by Crippen LogP contribution is -2.37. The van der Waals surface area contributed by atoms with Crippen molar-refractivity contribution >= 4 is 16.5 Å². The Hall–Kier alpha value is -0.650. The third-order valence-electron chi connectivity index (χ3n) is 3.98. The van der Waals surface area contributed by atoms with Crippen molar-refractivity contribution in [1.82, 2.24) is 15.2 Å². The Labute approximate surface area is 120 Å². The molecule has 0 bridgehead atoms. The van der Waals surface area contributed by atoms with Gasteiger partial charge in [-0.05, 0) is 33.5 Å². The first-order chi connectivity index (χ1) is 9.19. The highest BCUT2D eigenvalue weighted by molar-refractivity contribution is 7.15. The summed E-state index contributed by atoms with van der Waals surface area (Å²) in [6, 6.07) is 0.701. The third-order valence-corrected chi connectivity index (χ3v) is 5.20.